The number of rotatable bonds is 1. The van der Waals surface area contributed by atoms with Crippen molar-refractivity contribution < 1.29 is 5.11 Å². The number of nitrogens with one attached hydrogen (secondary N) is 1. The van der Waals surface area contributed by atoms with E-state index in [0.717, 1.165) is 35.9 Å². The molecular weight excluding hydrogens is 212 g/mol. The summed E-state index contributed by atoms with van der Waals surface area (Å²) < 4.78 is 0. The molecule has 1 fully saturated rings. The number of hydrogen-bond acceptors (Lipinski definition) is 3. The van der Waals surface area contributed by atoms with E-state index in [-0.39, 0.29) is 0 Å². The molecule has 3 rings (SSSR count). The van der Waals surface area contributed by atoms with Crippen molar-refractivity contribution in [2.75, 3.05) is 13.1 Å². The zero-order chi connectivity index (χ0) is 11.7. The van der Waals surface area contributed by atoms with E-state index in [4.69, 9.17) is 0 Å². The molecule has 0 bridgehead atoms. The summed E-state index contributed by atoms with van der Waals surface area (Å²) in [6.45, 7) is 1.62. The average Bonchev–Trinajstić information content (AvgIpc) is 2.39. The van der Waals surface area contributed by atoms with Crippen LogP contribution in [0.3, 0.4) is 0 Å². The Labute approximate surface area is 100 Å². The number of fused-ring (bicyclic) bond motifs is 1. The third-order valence-electron chi connectivity index (χ3n) is 3.50. The van der Waals surface area contributed by atoms with E-state index < -0.39 is 5.60 Å². The van der Waals surface area contributed by atoms with Gasteiger partial charge in [-0.25, -0.2) is 0 Å². The zero-order valence-corrected chi connectivity index (χ0v) is 9.69. The Morgan fingerprint density at radius 3 is 3.06 bits per heavy atom. The molecule has 1 unspecified atom stereocenters. The Morgan fingerprint density at radius 2 is 2.24 bits per heavy atom. The molecule has 17 heavy (non-hydrogen) atoms. The van der Waals surface area contributed by atoms with Crippen molar-refractivity contribution in [3.63, 3.8) is 0 Å². The fourth-order valence-corrected chi connectivity index (χ4v) is 2.49. The van der Waals surface area contributed by atoms with Crippen molar-refractivity contribution in [2.24, 2.45) is 0 Å². The van der Waals surface area contributed by atoms with Gasteiger partial charge in [0.05, 0.1) is 5.52 Å². The summed E-state index contributed by atoms with van der Waals surface area (Å²) in [5.74, 6) is 0. The van der Waals surface area contributed by atoms with E-state index in [1.807, 2.05) is 30.3 Å². The third kappa shape index (κ3) is 1.92. The highest BCUT2D eigenvalue weighted by atomic mass is 16.3. The van der Waals surface area contributed by atoms with Crippen LogP contribution in [0.1, 0.15) is 18.4 Å². The molecule has 1 aromatic carbocycles. The van der Waals surface area contributed by atoms with Crippen LogP contribution in [-0.2, 0) is 5.60 Å². The van der Waals surface area contributed by atoms with E-state index >= 15 is 0 Å². The molecule has 0 amide bonds. The summed E-state index contributed by atoms with van der Waals surface area (Å²) in [4.78, 5) is 4.34. The molecule has 2 N–H and O–H groups in total. The minimum atomic E-state index is -0.732. The number of benzene rings is 1. The van der Waals surface area contributed by atoms with Crippen molar-refractivity contribution in [3.05, 3.63) is 42.1 Å². The van der Waals surface area contributed by atoms with Crippen LogP contribution in [0, 0.1) is 0 Å². The number of piperidine rings is 1. The standard InChI is InChI=1S/C14H16N2O/c17-14(6-2-7-15-10-14)12-5-4-11-3-1-8-16-13(11)9-12/h1,3-5,8-9,15,17H,2,6-7,10H2. The van der Waals surface area contributed by atoms with Gasteiger partial charge in [0.1, 0.15) is 5.60 Å². The second-order valence-corrected chi connectivity index (χ2v) is 4.72. The lowest BCUT2D eigenvalue weighted by Crippen LogP contribution is -2.43. The molecular formula is C14H16N2O. The highest BCUT2D eigenvalue weighted by Crippen LogP contribution is 2.29. The maximum atomic E-state index is 10.6. The van der Waals surface area contributed by atoms with Crippen LogP contribution in [0.5, 0.6) is 0 Å². The van der Waals surface area contributed by atoms with E-state index in [2.05, 4.69) is 10.3 Å². The first-order valence-corrected chi connectivity index (χ1v) is 6.06. The van der Waals surface area contributed by atoms with Crippen LogP contribution in [0.2, 0.25) is 0 Å². The largest absolute Gasteiger partial charge is 0.384 e. The van der Waals surface area contributed by atoms with Gasteiger partial charge in [-0.2, -0.15) is 0 Å². The number of hydrogen-bond donors (Lipinski definition) is 2. The number of aliphatic hydroxyl groups is 1. The van der Waals surface area contributed by atoms with Crippen molar-refractivity contribution in [1.29, 1.82) is 0 Å². The molecule has 3 heteroatoms. The predicted octanol–water partition coefficient (Wildman–Crippen LogP) is 1.81. The van der Waals surface area contributed by atoms with Crippen molar-refractivity contribution in [1.82, 2.24) is 10.3 Å². The molecule has 0 spiro atoms. The summed E-state index contributed by atoms with van der Waals surface area (Å²) in [5, 5.41) is 15.0. The second kappa shape index (κ2) is 4.09. The molecule has 1 aromatic heterocycles. The van der Waals surface area contributed by atoms with Crippen LogP contribution >= 0.6 is 0 Å². The SMILES string of the molecule is OC1(c2ccc3cccnc3c2)CCCNC1. The molecule has 2 aromatic rings. The molecule has 1 atom stereocenters. The van der Waals surface area contributed by atoms with Gasteiger partial charge in [-0.3, -0.25) is 4.98 Å². The average molecular weight is 228 g/mol. The molecule has 88 valence electrons. The Morgan fingerprint density at radius 1 is 1.29 bits per heavy atom. The fourth-order valence-electron chi connectivity index (χ4n) is 2.49. The minimum absolute atomic E-state index is 0.630. The predicted molar refractivity (Wildman–Crippen MR) is 67.7 cm³/mol. The normalized spacial score (nSPS) is 25.0. The molecule has 2 heterocycles. The molecule has 1 aliphatic heterocycles. The van der Waals surface area contributed by atoms with E-state index in [1.54, 1.807) is 6.20 Å². The molecule has 0 radical (unpaired) electrons. The van der Waals surface area contributed by atoms with Gasteiger partial charge < -0.3 is 10.4 Å². The van der Waals surface area contributed by atoms with Crippen molar-refractivity contribution in [3.8, 4) is 0 Å². The van der Waals surface area contributed by atoms with Crippen molar-refractivity contribution >= 4 is 10.9 Å². The van der Waals surface area contributed by atoms with Gasteiger partial charge in [0.2, 0.25) is 0 Å². The highest BCUT2D eigenvalue weighted by Gasteiger charge is 2.31. The first kappa shape index (κ1) is 10.7. The van der Waals surface area contributed by atoms with Gasteiger partial charge in [-0.05, 0) is 37.1 Å². The maximum absolute atomic E-state index is 10.6. The highest BCUT2D eigenvalue weighted by molar-refractivity contribution is 5.79. The lowest BCUT2D eigenvalue weighted by Gasteiger charge is -2.33. The summed E-state index contributed by atoms with van der Waals surface area (Å²) in [7, 11) is 0. The number of nitrogens with zero attached hydrogens (tertiary/aromatic N) is 1. The van der Waals surface area contributed by atoms with E-state index in [1.165, 1.54) is 0 Å². The van der Waals surface area contributed by atoms with Crippen LogP contribution in [0.4, 0.5) is 0 Å². The first-order valence-electron chi connectivity index (χ1n) is 6.06. The van der Waals surface area contributed by atoms with Gasteiger partial charge in [0.15, 0.2) is 0 Å². The van der Waals surface area contributed by atoms with E-state index in [0.29, 0.717) is 6.54 Å². The van der Waals surface area contributed by atoms with Gasteiger partial charge >= 0.3 is 0 Å². The van der Waals surface area contributed by atoms with Crippen LogP contribution < -0.4 is 5.32 Å². The Bertz CT molecular complexity index is 532. The quantitative estimate of drug-likeness (QED) is 0.782. The zero-order valence-electron chi connectivity index (χ0n) is 9.69. The summed E-state index contributed by atoms with van der Waals surface area (Å²) in [5.41, 5.74) is 1.18. The Balaban J connectivity index is 2.05. The Kier molecular flexibility index (Phi) is 2.57. The smallest absolute Gasteiger partial charge is 0.102 e. The van der Waals surface area contributed by atoms with Crippen molar-refractivity contribution in [2.45, 2.75) is 18.4 Å². The number of pyridine rings is 1. The van der Waals surface area contributed by atoms with Gasteiger partial charge in [0, 0.05) is 18.1 Å². The van der Waals surface area contributed by atoms with Crippen LogP contribution in [0.25, 0.3) is 10.9 Å². The first-order chi connectivity index (χ1) is 8.28. The van der Waals surface area contributed by atoms with Crippen LogP contribution in [0.15, 0.2) is 36.5 Å². The lowest BCUT2D eigenvalue weighted by molar-refractivity contribution is 0.0124. The van der Waals surface area contributed by atoms with Gasteiger partial charge in [-0.1, -0.05) is 18.2 Å². The van der Waals surface area contributed by atoms with Gasteiger partial charge in [-0.15, -0.1) is 0 Å². The fraction of sp³-hybridized carbons (Fsp3) is 0.357. The third-order valence-corrected chi connectivity index (χ3v) is 3.50. The molecule has 0 aliphatic carbocycles. The second-order valence-electron chi connectivity index (χ2n) is 4.72. The molecule has 0 saturated carbocycles. The lowest BCUT2D eigenvalue weighted by atomic mass is 9.86. The molecule has 3 nitrogen and oxygen atoms in total. The number of aromatic nitrogens is 1. The molecule has 1 saturated heterocycles. The van der Waals surface area contributed by atoms with E-state index in [9.17, 15) is 5.11 Å². The summed E-state index contributed by atoms with van der Waals surface area (Å²) in [6.07, 6.45) is 3.62. The minimum Gasteiger partial charge on any atom is -0.384 e. The number of β-amino-alcohol motifs (C(OH)–C–C–N with tert-alkyl or cyclic N) is 1. The van der Waals surface area contributed by atoms with Gasteiger partial charge in [0.25, 0.3) is 0 Å². The summed E-state index contributed by atoms with van der Waals surface area (Å²) >= 11 is 0. The molecule has 1 aliphatic rings. The summed E-state index contributed by atoms with van der Waals surface area (Å²) in [6, 6.07) is 10.0. The monoisotopic (exact) mass is 228 g/mol. The maximum Gasteiger partial charge on any atom is 0.102 e. The van der Waals surface area contributed by atoms with Crippen LogP contribution in [-0.4, -0.2) is 23.2 Å². The Hall–Kier alpha value is -1.45. The topological polar surface area (TPSA) is 45.2 Å².